The summed E-state index contributed by atoms with van der Waals surface area (Å²) in [6, 6.07) is 154. The number of fused-ring (bicyclic) bond motifs is 14. The van der Waals surface area contributed by atoms with Crippen LogP contribution in [0.5, 0.6) is 0 Å². The number of aromatic nitrogens is 2. The van der Waals surface area contributed by atoms with E-state index in [2.05, 4.69) is 523 Å². The lowest BCUT2D eigenvalue weighted by Gasteiger charge is -2.46. The van der Waals surface area contributed by atoms with E-state index in [9.17, 15) is 0 Å². The number of anilines is 6. The number of nitrogens with zero attached hydrogens (tertiary/aromatic N) is 4. The van der Waals surface area contributed by atoms with Crippen LogP contribution < -0.4 is 26.2 Å². The van der Waals surface area contributed by atoms with Gasteiger partial charge in [-0.05, 0) is 245 Å². The van der Waals surface area contributed by atoms with E-state index in [1.165, 1.54) is 110 Å². The Balaban J connectivity index is 0.887. The highest BCUT2D eigenvalue weighted by Gasteiger charge is 2.47. The number of hydrogen-bond donors (Lipinski definition) is 0. The van der Waals surface area contributed by atoms with E-state index in [0.717, 1.165) is 134 Å². The molecule has 0 saturated carbocycles. The Morgan fingerprint density at radius 2 is 0.452 bits per heavy atom. The Morgan fingerprint density at radius 1 is 0.185 bits per heavy atom. The molecule has 0 saturated heterocycles. The predicted octanol–water partition coefficient (Wildman–Crippen LogP) is 34.1. The molecule has 654 valence electrons. The molecule has 0 atom stereocenters. The molecule has 5 heteroatoms. The molecule has 4 heterocycles. The first-order valence-corrected chi connectivity index (χ1v) is 48.1. The Hall–Kier alpha value is -15.0. The van der Waals surface area contributed by atoms with Crippen LogP contribution >= 0.6 is 0 Å². The van der Waals surface area contributed by atoms with Gasteiger partial charge in [-0.1, -0.05) is 419 Å². The molecule has 0 aliphatic carbocycles. The monoisotopic (exact) mass is 1740 g/mol. The van der Waals surface area contributed by atoms with Gasteiger partial charge in [-0.3, -0.25) is 0 Å². The summed E-state index contributed by atoms with van der Waals surface area (Å²) < 4.78 is 5.23. The number of hydrogen-bond acceptors (Lipinski definition) is 2. The maximum atomic E-state index is 2.76. The molecule has 0 fully saturated rings. The van der Waals surface area contributed by atoms with Crippen molar-refractivity contribution < 1.29 is 0 Å². The summed E-state index contributed by atoms with van der Waals surface area (Å²) in [5.41, 5.74) is 41.0. The van der Waals surface area contributed by atoms with Gasteiger partial charge in [0.15, 0.2) is 0 Å². The Labute approximate surface area is 795 Å². The molecule has 19 aromatic carbocycles. The van der Waals surface area contributed by atoms with Crippen LogP contribution in [-0.2, 0) is 27.1 Å². The average Bonchev–Trinajstić information content (AvgIpc) is 1.67. The molecule has 0 unspecified atom stereocenters. The summed E-state index contributed by atoms with van der Waals surface area (Å²) in [7, 11) is 0. The Morgan fingerprint density at radius 3 is 0.756 bits per heavy atom. The normalized spacial score (nSPS) is 13.0. The van der Waals surface area contributed by atoms with Gasteiger partial charge in [0.2, 0.25) is 0 Å². The van der Waals surface area contributed by atoms with Gasteiger partial charge in [-0.15, -0.1) is 0 Å². The van der Waals surface area contributed by atoms with Gasteiger partial charge in [0.05, 0.1) is 33.4 Å². The molecule has 0 spiro atoms. The highest BCUT2D eigenvalue weighted by molar-refractivity contribution is 7.00. The molecule has 2 aliphatic heterocycles. The lowest BCUT2D eigenvalue weighted by Crippen LogP contribution is -2.61. The van der Waals surface area contributed by atoms with Gasteiger partial charge >= 0.3 is 0 Å². The number of rotatable bonds is 12. The molecule has 0 radical (unpaired) electrons. The van der Waals surface area contributed by atoms with Crippen LogP contribution in [0.15, 0.2) is 400 Å². The highest BCUT2D eigenvalue weighted by Crippen LogP contribution is 2.58. The van der Waals surface area contributed by atoms with Crippen molar-refractivity contribution in [3.05, 3.63) is 428 Å². The standard InChI is InChI=1S/C130H111BN4/c1-126(2,3)92-66-90(67-93(74-92)127(4,5)6)105-80-117-121(101-56-36-34-54-99(101)105)103-58-38-40-60-113(103)132(117)97-62-64-111-115(78-97)134(124-107(84-46-26-18-27-47-84)70-88(82-42-22-16-23-43-82)71-108(124)85-48-28-19-29-49-85)119-76-96(130(13,14)15)77-120-123(119)131(111)112-65-63-98(79-116(112)135(120)125-109(86-50-30-20-31-51-86)72-89(83-44-24-17-25-45-83)73-110(125)87-52-32-21-33-53-87)133-114-61-41-39-59-104(114)122-102-57-37-35-55-100(102)106(81-118(122)133)91-68-94(128(7,8)9)75-95(69-91)129(10,11)12/h16-81H,1-15H3. The lowest BCUT2D eigenvalue weighted by atomic mass is 9.33. The minimum Gasteiger partial charge on any atom is -0.310 e. The topological polar surface area (TPSA) is 16.3 Å². The summed E-state index contributed by atoms with van der Waals surface area (Å²) in [5.74, 6) is 0. The van der Waals surface area contributed by atoms with Crippen molar-refractivity contribution in [1.29, 1.82) is 0 Å². The summed E-state index contributed by atoms with van der Waals surface area (Å²) in [4.78, 5) is 5.52. The predicted molar refractivity (Wildman–Crippen MR) is 581 cm³/mol. The molecule has 23 rings (SSSR count). The fourth-order valence-corrected chi connectivity index (χ4v) is 21.8. The largest absolute Gasteiger partial charge is 0.310 e. The van der Waals surface area contributed by atoms with E-state index in [0.29, 0.717) is 0 Å². The molecule has 0 amide bonds. The summed E-state index contributed by atoms with van der Waals surface area (Å²) in [6.45, 7) is 35.2. The second kappa shape index (κ2) is 31.9. The van der Waals surface area contributed by atoms with Gasteiger partial charge in [0, 0.05) is 77.9 Å². The average molecular weight is 1740 g/mol. The zero-order valence-electron chi connectivity index (χ0n) is 80.0. The summed E-state index contributed by atoms with van der Waals surface area (Å²) in [6.07, 6.45) is 0. The molecule has 0 N–H and O–H groups in total. The van der Waals surface area contributed by atoms with Crippen LogP contribution in [-0.4, -0.2) is 15.8 Å². The SMILES string of the molecule is CC(C)(C)c1cc(-c2cc3c(c4ccccc24)c2ccccc2n3-c2ccc3c(c2)N(c2c(-c4ccccc4)cc(-c4ccccc4)cc2-c2ccccc2)c2cc(C(C)(C)C)cc4c2B3c2ccc(-n3c5ccccc5c5c6ccccc6c(-c6cc(C(C)(C)C)cc(C(C)(C)C)c6)cc53)cc2N4c2c(-c3ccccc3)cc(-c3ccccc3)cc2-c2ccccc2)cc(C(C)(C)C)c1. The fourth-order valence-electron chi connectivity index (χ4n) is 21.8. The molecular formula is C130H111BN4. The van der Waals surface area contributed by atoms with Crippen LogP contribution in [0.3, 0.4) is 0 Å². The van der Waals surface area contributed by atoms with E-state index in [1.54, 1.807) is 0 Å². The zero-order chi connectivity index (χ0) is 92.5. The van der Waals surface area contributed by atoms with Crippen LogP contribution in [0, 0.1) is 0 Å². The number of para-hydroxylation sites is 2. The van der Waals surface area contributed by atoms with Crippen molar-refractivity contribution in [3.63, 3.8) is 0 Å². The third-order valence-electron chi connectivity index (χ3n) is 29.0. The molecule has 2 aromatic heterocycles. The number of benzene rings is 19. The second-order valence-corrected chi connectivity index (χ2v) is 42.8. The van der Waals surface area contributed by atoms with Crippen LogP contribution in [0.1, 0.15) is 132 Å². The van der Waals surface area contributed by atoms with Crippen molar-refractivity contribution in [3.8, 4) is 100 Å². The maximum Gasteiger partial charge on any atom is 0.252 e. The molecule has 0 bridgehead atoms. The van der Waals surface area contributed by atoms with E-state index < -0.39 is 5.41 Å². The zero-order valence-corrected chi connectivity index (χ0v) is 80.0. The van der Waals surface area contributed by atoms with Crippen molar-refractivity contribution in [2.24, 2.45) is 0 Å². The van der Waals surface area contributed by atoms with Crippen molar-refractivity contribution in [2.45, 2.75) is 131 Å². The summed E-state index contributed by atoms with van der Waals surface area (Å²) in [5, 5.41) is 9.81. The quantitative estimate of drug-likeness (QED) is 0.113. The Bertz CT molecular complexity index is 7660. The minimum absolute atomic E-state index is 0.108. The van der Waals surface area contributed by atoms with Gasteiger partial charge in [-0.25, -0.2) is 0 Å². The van der Waals surface area contributed by atoms with E-state index >= 15 is 0 Å². The molecule has 4 nitrogen and oxygen atoms in total. The van der Waals surface area contributed by atoms with Crippen molar-refractivity contribution in [1.82, 2.24) is 9.13 Å². The van der Waals surface area contributed by atoms with Crippen LogP contribution in [0.4, 0.5) is 34.1 Å². The second-order valence-electron chi connectivity index (χ2n) is 42.8. The van der Waals surface area contributed by atoms with Gasteiger partial charge < -0.3 is 18.9 Å². The molecule has 21 aromatic rings. The van der Waals surface area contributed by atoms with Crippen molar-refractivity contribution >= 4 is 122 Å². The molecular weight excluding hydrogens is 1630 g/mol. The lowest BCUT2D eigenvalue weighted by molar-refractivity contribution is 0.568. The highest BCUT2D eigenvalue weighted by atomic mass is 15.2. The van der Waals surface area contributed by atoms with Gasteiger partial charge in [0.1, 0.15) is 0 Å². The fraction of sp³-hybridized carbons (Fsp3) is 0.154. The maximum absolute atomic E-state index is 2.76. The third kappa shape index (κ3) is 14.3. The van der Waals surface area contributed by atoms with Gasteiger partial charge in [0.25, 0.3) is 6.71 Å². The van der Waals surface area contributed by atoms with E-state index in [1.807, 2.05) is 0 Å². The molecule has 2 aliphatic rings. The van der Waals surface area contributed by atoms with Crippen LogP contribution in [0.25, 0.3) is 166 Å². The van der Waals surface area contributed by atoms with Crippen molar-refractivity contribution in [2.75, 3.05) is 9.80 Å². The first kappa shape index (κ1) is 84.2. The molecule has 135 heavy (non-hydrogen) atoms. The third-order valence-corrected chi connectivity index (χ3v) is 29.0. The minimum atomic E-state index is -0.418. The van der Waals surface area contributed by atoms with E-state index in [4.69, 9.17) is 0 Å². The first-order valence-electron chi connectivity index (χ1n) is 48.1. The smallest absolute Gasteiger partial charge is 0.252 e. The van der Waals surface area contributed by atoms with E-state index in [-0.39, 0.29) is 28.4 Å². The van der Waals surface area contributed by atoms with Crippen LogP contribution in [0.2, 0.25) is 0 Å². The first-order chi connectivity index (χ1) is 65.1. The Kier molecular flexibility index (Phi) is 19.9. The van der Waals surface area contributed by atoms with Gasteiger partial charge in [-0.2, -0.15) is 0 Å². The summed E-state index contributed by atoms with van der Waals surface area (Å²) >= 11 is 0.